The van der Waals surface area contributed by atoms with Crippen LogP contribution in [-0.2, 0) is 22.0 Å². The van der Waals surface area contributed by atoms with Crippen LogP contribution in [-0.4, -0.2) is 52.0 Å². The summed E-state index contributed by atoms with van der Waals surface area (Å²) in [5.74, 6) is 0. The molecule has 0 saturated heterocycles. The van der Waals surface area contributed by atoms with Gasteiger partial charge >= 0.3 is 84.7 Å². The fourth-order valence-corrected chi connectivity index (χ4v) is 13.1. The van der Waals surface area contributed by atoms with Gasteiger partial charge in [-0.05, 0) is 36.8 Å². The first-order chi connectivity index (χ1) is 27.5. The Morgan fingerprint density at radius 2 is 0.667 bits per heavy atom. The number of hydrogen-bond acceptors (Lipinski definition) is 2. The van der Waals surface area contributed by atoms with Gasteiger partial charge in [0.1, 0.15) is 0 Å². The molecule has 0 spiro atoms. The zero-order chi connectivity index (χ0) is 42.3. The molecule has 57 heavy (non-hydrogen) atoms. The van der Waals surface area contributed by atoms with Crippen molar-refractivity contribution >= 4 is 36.3 Å². The van der Waals surface area contributed by atoms with Gasteiger partial charge in [0.15, 0.2) is 0 Å². The van der Waals surface area contributed by atoms with E-state index in [0.29, 0.717) is 25.7 Å². The summed E-state index contributed by atoms with van der Waals surface area (Å²) in [7, 11) is -8.04. The van der Waals surface area contributed by atoms with Gasteiger partial charge in [0.2, 0.25) is 0 Å². The predicted octanol–water partition coefficient (Wildman–Crippen LogP) is 15.3. The number of rotatable bonds is 34. The monoisotopic (exact) mass is 943 g/mol. The summed E-state index contributed by atoms with van der Waals surface area (Å²) < 4.78 is 26.7. The van der Waals surface area contributed by atoms with E-state index in [1.807, 2.05) is 60.7 Å². The standard InChI is InChI=1S/2C20H35O3P.2C4H9.Sn/c2*1-2-3-4-5-6-7-8-9-10-14-17-20(24(21,22)23)18-19-15-12-11-13-16-19;2*1-3-4-2;/h2*11-13,15-16,20H,2-10,14,17-18H2,1H3,(H2,21,22,23);2*1,3-4H2,2H3;. The van der Waals surface area contributed by atoms with Crippen molar-refractivity contribution in [1.82, 2.24) is 0 Å². The van der Waals surface area contributed by atoms with Gasteiger partial charge < -0.3 is 19.6 Å². The molecule has 2 atom stereocenters. The van der Waals surface area contributed by atoms with E-state index in [2.05, 4.69) is 27.7 Å². The molecule has 4 N–H and O–H groups in total. The molecular formula is C48H88O6P2Sn. The average molecular weight is 942 g/mol. The third kappa shape index (κ3) is 37.1. The molecule has 330 valence electrons. The molecule has 0 aliphatic rings. The maximum absolute atomic E-state index is 11.7. The zero-order valence-corrected chi connectivity index (χ0v) is 41.8. The minimum atomic E-state index is -4.02. The summed E-state index contributed by atoms with van der Waals surface area (Å²) >= 11 is 0.149. The summed E-state index contributed by atoms with van der Waals surface area (Å²) in [4.78, 5) is 38.4. The van der Waals surface area contributed by atoms with Crippen LogP contribution in [0, 0.1) is 0 Å². The Morgan fingerprint density at radius 3 is 0.930 bits per heavy atom. The SMILES string of the molecule is CCCCCCCCCCCCC(Cc1ccccc1)P(=O)(O)O.CCCCCCCCCCCCC(Cc1ccccc1)P(=O)(O)O.CCC[CH2][Sn][CH2]CCC. The van der Waals surface area contributed by atoms with Gasteiger partial charge in [-0.2, -0.15) is 0 Å². The van der Waals surface area contributed by atoms with Crippen LogP contribution in [0.2, 0.25) is 8.87 Å². The first kappa shape index (κ1) is 56.5. The van der Waals surface area contributed by atoms with Gasteiger partial charge in [0.25, 0.3) is 0 Å². The molecule has 6 nitrogen and oxygen atoms in total. The Balaban J connectivity index is 0.000000908. The van der Waals surface area contributed by atoms with Gasteiger partial charge in [-0.25, -0.2) is 0 Å². The topological polar surface area (TPSA) is 115 Å². The van der Waals surface area contributed by atoms with E-state index in [9.17, 15) is 28.7 Å². The first-order valence-electron chi connectivity index (χ1n) is 23.4. The number of unbranched alkanes of at least 4 members (excludes halogenated alkanes) is 20. The average Bonchev–Trinajstić information content (AvgIpc) is 3.19. The molecule has 0 saturated carbocycles. The van der Waals surface area contributed by atoms with E-state index < -0.39 is 26.5 Å². The molecule has 0 heterocycles. The second kappa shape index (κ2) is 39.7. The van der Waals surface area contributed by atoms with E-state index in [4.69, 9.17) is 0 Å². The Morgan fingerprint density at radius 1 is 0.404 bits per heavy atom. The van der Waals surface area contributed by atoms with Crippen molar-refractivity contribution < 1.29 is 28.7 Å². The van der Waals surface area contributed by atoms with Crippen molar-refractivity contribution in [3.63, 3.8) is 0 Å². The summed E-state index contributed by atoms with van der Waals surface area (Å²) in [6, 6.07) is 19.3. The molecule has 2 aromatic carbocycles. The van der Waals surface area contributed by atoms with E-state index in [-0.39, 0.29) is 21.1 Å². The molecule has 9 heteroatoms. The van der Waals surface area contributed by atoms with Crippen LogP contribution in [0.1, 0.15) is 206 Å². The molecule has 0 aromatic heterocycles. The molecule has 0 amide bonds. The van der Waals surface area contributed by atoms with Crippen LogP contribution in [0.3, 0.4) is 0 Å². The Hall–Kier alpha value is -0.461. The van der Waals surface area contributed by atoms with Crippen LogP contribution < -0.4 is 0 Å². The fraction of sp³-hybridized carbons (Fsp3) is 0.750. The molecule has 0 aliphatic carbocycles. The van der Waals surface area contributed by atoms with Crippen LogP contribution >= 0.6 is 15.2 Å². The van der Waals surface area contributed by atoms with Crippen molar-refractivity contribution in [1.29, 1.82) is 0 Å². The third-order valence-corrected chi connectivity index (χ3v) is 17.6. The van der Waals surface area contributed by atoms with Gasteiger partial charge in [-0.1, -0.05) is 203 Å². The van der Waals surface area contributed by atoms with Gasteiger partial charge in [-0.3, -0.25) is 9.13 Å². The quantitative estimate of drug-likeness (QED) is 0.0316. The molecular weight excluding hydrogens is 853 g/mol. The second-order valence-electron chi connectivity index (χ2n) is 16.3. The molecule has 2 radical (unpaired) electrons. The zero-order valence-electron chi connectivity index (χ0n) is 37.1. The second-order valence-corrected chi connectivity index (χ2v) is 24.4. The molecule has 0 aliphatic heterocycles. The Bertz CT molecular complexity index is 1110. The number of benzene rings is 2. The maximum atomic E-state index is 11.7. The Labute approximate surface area is 362 Å². The van der Waals surface area contributed by atoms with Gasteiger partial charge in [0.05, 0.1) is 11.3 Å². The van der Waals surface area contributed by atoms with E-state index in [0.717, 1.165) is 36.8 Å². The predicted molar refractivity (Wildman–Crippen MR) is 250 cm³/mol. The molecule has 0 bridgehead atoms. The summed E-state index contributed by atoms with van der Waals surface area (Å²) in [6.07, 6.45) is 32.9. The molecule has 2 unspecified atom stereocenters. The van der Waals surface area contributed by atoms with Crippen molar-refractivity contribution in [2.45, 2.75) is 228 Å². The molecule has 0 fully saturated rings. The summed E-state index contributed by atoms with van der Waals surface area (Å²) in [5, 5.41) is 0. The van der Waals surface area contributed by atoms with E-state index >= 15 is 0 Å². The van der Waals surface area contributed by atoms with Crippen LogP contribution in [0.15, 0.2) is 60.7 Å². The third-order valence-electron chi connectivity index (χ3n) is 10.8. The Kier molecular flexibility index (Phi) is 39.3. The summed E-state index contributed by atoms with van der Waals surface area (Å²) in [5.41, 5.74) is 0.957. The van der Waals surface area contributed by atoms with Crippen molar-refractivity contribution in [3.05, 3.63) is 71.8 Å². The summed E-state index contributed by atoms with van der Waals surface area (Å²) in [6.45, 7) is 9.06. The van der Waals surface area contributed by atoms with Crippen molar-refractivity contribution in [3.8, 4) is 0 Å². The van der Waals surface area contributed by atoms with Crippen LogP contribution in [0.4, 0.5) is 0 Å². The van der Waals surface area contributed by atoms with E-state index in [1.165, 1.54) is 128 Å². The molecule has 2 rings (SSSR count). The normalized spacial score (nSPS) is 12.6. The van der Waals surface area contributed by atoms with E-state index in [1.54, 1.807) is 8.87 Å². The first-order valence-corrected chi connectivity index (χ1v) is 30.8. The van der Waals surface area contributed by atoms with Crippen molar-refractivity contribution in [2.24, 2.45) is 0 Å². The fourth-order valence-electron chi connectivity index (χ4n) is 7.01. The minimum absolute atomic E-state index is 0.149. The van der Waals surface area contributed by atoms with Gasteiger partial charge in [-0.15, -0.1) is 0 Å². The van der Waals surface area contributed by atoms with Crippen LogP contribution in [0.5, 0.6) is 0 Å². The van der Waals surface area contributed by atoms with Crippen LogP contribution in [0.25, 0.3) is 0 Å². The number of hydrogen-bond donors (Lipinski definition) is 4. The van der Waals surface area contributed by atoms with Crippen molar-refractivity contribution in [2.75, 3.05) is 0 Å². The molecule has 2 aromatic rings. The van der Waals surface area contributed by atoms with Gasteiger partial charge in [0, 0.05) is 0 Å².